The van der Waals surface area contributed by atoms with Gasteiger partial charge in [-0.15, -0.1) is 0 Å². The number of pyridine rings is 2. The summed E-state index contributed by atoms with van der Waals surface area (Å²) in [5.41, 5.74) is 3.73. The molecule has 5 atom stereocenters. The maximum atomic E-state index is 14.6. The topological polar surface area (TPSA) is 135 Å². The third-order valence-corrected chi connectivity index (χ3v) is 12.6. The summed E-state index contributed by atoms with van der Waals surface area (Å²) in [6.07, 6.45) is -3.21. The van der Waals surface area contributed by atoms with Crippen LogP contribution in [-0.2, 0) is 35.3 Å². The van der Waals surface area contributed by atoms with Crippen molar-refractivity contribution in [2.75, 3.05) is 33.9 Å². The van der Waals surface area contributed by atoms with Gasteiger partial charge in [0.05, 0.1) is 30.4 Å². The minimum absolute atomic E-state index is 0.000154. The Balaban J connectivity index is 1.03. The van der Waals surface area contributed by atoms with Gasteiger partial charge in [0, 0.05) is 67.4 Å². The van der Waals surface area contributed by atoms with Crippen molar-refractivity contribution in [2.24, 2.45) is 17.3 Å². The molecule has 4 aliphatic rings. The first-order valence-corrected chi connectivity index (χ1v) is 19.4. The van der Waals surface area contributed by atoms with Gasteiger partial charge in [-0.1, -0.05) is 61.0 Å². The van der Waals surface area contributed by atoms with Crippen molar-refractivity contribution < 1.29 is 42.1 Å². The van der Waals surface area contributed by atoms with Crippen LogP contribution in [0.15, 0.2) is 54.6 Å². The molecule has 11 nitrogen and oxygen atoms in total. The molecule has 0 bridgehead atoms. The standard InChI is InChI=1S/C42H43ClF3N5O6/c1-22-32-20-51(21-41(22,32)40(53)54)19-24-16-31(42(44,45)46)39(50-38(24)56-3)57-34-14-12-27-26(6-4-7-28(27)34)29-8-5-9-30(36(29)43)33-13-10-23(37(49-33)55-2)17-47-18-25-11-15-35(52)48-25/h4-10,13,16,22,25,32,34,47H,11-12,14-15,17-21H2,1-3H3,(H,48,52)(H,53,54)/t22?,25-,32?,34-,41+/m0/s1. The smallest absolute Gasteiger partial charge is 0.421 e. The van der Waals surface area contributed by atoms with Crippen LogP contribution in [0.2, 0.25) is 5.02 Å². The van der Waals surface area contributed by atoms with Crippen LogP contribution in [0.1, 0.15) is 60.1 Å². The number of aliphatic carboxylic acids is 1. The number of benzene rings is 2. The molecule has 57 heavy (non-hydrogen) atoms. The number of ether oxygens (including phenoxy) is 3. The Morgan fingerprint density at radius 3 is 2.44 bits per heavy atom. The third-order valence-electron chi connectivity index (χ3n) is 12.2. The number of carbonyl (C=O) groups excluding carboxylic acids is 1. The summed E-state index contributed by atoms with van der Waals surface area (Å²) in [6, 6.07) is 16.2. The fourth-order valence-electron chi connectivity index (χ4n) is 9.11. The minimum Gasteiger partial charge on any atom is -0.481 e. The van der Waals surface area contributed by atoms with E-state index in [0.717, 1.165) is 40.3 Å². The van der Waals surface area contributed by atoms with Crippen LogP contribution in [0.4, 0.5) is 13.2 Å². The zero-order valence-electron chi connectivity index (χ0n) is 31.7. The Labute approximate surface area is 332 Å². The second-order valence-electron chi connectivity index (χ2n) is 15.4. The van der Waals surface area contributed by atoms with Gasteiger partial charge >= 0.3 is 12.1 Å². The summed E-state index contributed by atoms with van der Waals surface area (Å²) in [5, 5.41) is 16.6. The van der Waals surface area contributed by atoms with E-state index in [1.165, 1.54) is 7.11 Å². The van der Waals surface area contributed by atoms with Gasteiger partial charge in [-0.05, 0) is 59.9 Å². The first-order valence-electron chi connectivity index (χ1n) is 19.0. The number of nitrogens with one attached hydrogen (secondary N) is 2. The van der Waals surface area contributed by atoms with Crippen molar-refractivity contribution in [1.82, 2.24) is 25.5 Å². The van der Waals surface area contributed by atoms with E-state index in [1.807, 2.05) is 60.4 Å². The number of piperidine rings is 1. The second-order valence-corrected chi connectivity index (χ2v) is 15.8. The zero-order valence-corrected chi connectivity index (χ0v) is 32.5. The number of alkyl halides is 3. The van der Waals surface area contributed by atoms with E-state index in [0.29, 0.717) is 61.1 Å². The molecule has 4 aromatic rings. The Morgan fingerprint density at radius 1 is 1.00 bits per heavy atom. The van der Waals surface area contributed by atoms with E-state index in [4.69, 9.17) is 30.8 Å². The largest absolute Gasteiger partial charge is 0.481 e. The van der Waals surface area contributed by atoms with Gasteiger partial charge in [0.2, 0.25) is 23.5 Å². The van der Waals surface area contributed by atoms with Crippen LogP contribution in [0.5, 0.6) is 17.6 Å². The Kier molecular flexibility index (Phi) is 10.3. The van der Waals surface area contributed by atoms with Crippen LogP contribution < -0.4 is 24.8 Å². The van der Waals surface area contributed by atoms with Crippen molar-refractivity contribution >= 4 is 23.5 Å². The van der Waals surface area contributed by atoms with Crippen molar-refractivity contribution in [3.63, 3.8) is 0 Å². The number of rotatable bonds is 13. The van der Waals surface area contributed by atoms with E-state index in [1.54, 1.807) is 7.11 Å². The molecule has 300 valence electrons. The summed E-state index contributed by atoms with van der Waals surface area (Å²) in [7, 11) is 2.90. The highest BCUT2D eigenvalue weighted by molar-refractivity contribution is 6.36. The maximum Gasteiger partial charge on any atom is 0.421 e. The Hall–Kier alpha value is -4.92. The van der Waals surface area contributed by atoms with Crippen LogP contribution in [0.25, 0.3) is 22.4 Å². The van der Waals surface area contributed by atoms with Gasteiger partial charge in [0.1, 0.15) is 11.7 Å². The van der Waals surface area contributed by atoms with Crippen LogP contribution in [0, 0.1) is 17.3 Å². The lowest BCUT2D eigenvalue weighted by Crippen LogP contribution is -2.35. The molecule has 2 aromatic heterocycles. The first kappa shape index (κ1) is 38.9. The Morgan fingerprint density at radius 2 is 1.74 bits per heavy atom. The highest BCUT2D eigenvalue weighted by Crippen LogP contribution is 2.63. The van der Waals surface area contributed by atoms with E-state index in [9.17, 15) is 27.9 Å². The molecule has 0 spiro atoms. The summed E-state index contributed by atoms with van der Waals surface area (Å²) in [4.78, 5) is 34.5. The van der Waals surface area contributed by atoms with Gasteiger partial charge < -0.3 is 30.0 Å². The molecule has 0 radical (unpaired) electrons. The minimum atomic E-state index is -4.77. The molecule has 2 saturated heterocycles. The lowest BCUT2D eigenvalue weighted by molar-refractivity contribution is -0.144. The summed E-state index contributed by atoms with van der Waals surface area (Å²) in [5.74, 6) is -0.948. The molecule has 2 unspecified atom stereocenters. The number of likely N-dealkylation sites (tertiary alicyclic amines) is 1. The molecule has 15 heteroatoms. The fourth-order valence-corrected chi connectivity index (χ4v) is 9.44. The van der Waals surface area contributed by atoms with Crippen LogP contribution in [0.3, 0.4) is 0 Å². The van der Waals surface area contributed by atoms with Crippen LogP contribution >= 0.6 is 11.6 Å². The zero-order chi connectivity index (χ0) is 40.2. The number of amides is 1. The number of hydrogen-bond donors (Lipinski definition) is 3. The van der Waals surface area contributed by atoms with E-state index < -0.39 is 35.1 Å². The van der Waals surface area contributed by atoms with E-state index >= 15 is 0 Å². The van der Waals surface area contributed by atoms with Gasteiger partial charge in [-0.3, -0.25) is 14.5 Å². The number of fused-ring (bicyclic) bond motifs is 2. The number of halogens is 4. The number of carbonyl (C=O) groups is 2. The lowest BCUT2D eigenvalue weighted by atomic mass is 9.94. The quantitative estimate of drug-likeness (QED) is 0.129. The highest BCUT2D eigenvalue weighted by Gasteiger charge is 2.71. The highest BCUT2D eigenvalue weighted by atomic mass is 35.5. The lowest BCUT2D eigenvalue weighted by Gasteiger charge is -2.24. The van der Waals surface area contributed by atoms with Crippen molar-refractivity contribution in [2.45, 2.75) is 64.0 Å². The summed E-state index contributed by atoms with van der Waals surface area (Å²) < 4.78 is 61.2. The molecule has 3 N–H and O–H groups in total. The molecule has 2 aliphatic carbocycles. The average molecular weight is 806 g/mol. The molecule has 1 amide bonds. The molecule has 2 aliphatic heterocycles. The predicted molar refractivity (Wildman–Crippen MR) is 205 cm³/mol. The SMILES string of the molecule is COc1nc(-c2cccc(-c3cccc4c3CC[C@@H]4Oc3nc(OC)c(CN4CC5C(C)[C@]5(C(=O)O)C4)cc3C(F)(F)F)c2Cl)ccc1CNC[C@@H]1CCC(=O)N1. The van der Waals surface area contributed by atoms with Crippen molar-refractivity contribution in [1.29, 1.82) is 0 Å². The number of nitrogens with zero attached hydrogens (tertiary/aromatic N) is 3. The number of hydrogen-bond acceptors (Lipinski definition) is 9. The van der Waals surface area contributed by atoms with Gasteiger partial charge in [0.25, 0.3) is 0 Å². The second kappa shape index (κ2) is 15.1. The van der Waals surface area contributed by atoms with Crippen molar-refractivity contribution in [3.8, 4) is 40.0 Å². The molecular formula is C42H43ClF3N5O6. The van der Waals surface area contributed by atoms with Gasteiger partial charge in [-0.25, -0.2) is 4.98 Å². The van der Waals surface area contributed by atoms with Crippen LogP contribution in [-0.4, -0.2) is 71.7 Å². The van der Waals surface area contributed by atoms with Gasteiger partial charge in [0.15, 0.2) is 0 Å². The molecule has 8 rings (SSSR count). The number of methoxy groups -OCH3 is 2. The predicted octanol–water partition coefficient (Wildman–Crippen LogP) is 7.09. The fraction of sp³-hybridized carbons (Fsp3) is 0.429. The van der Waals surface area contributed by atoms with Crippen molar-refractivity contribution in [3.05, 3.63) is 87.4 Å². The number of carboxylic acid groups (broad SMARTS) is 1. The molecule has 2 aromatic carbocycles. The summed E-state index contributed by atoms with van der Waals surface area (Å²) in [6.45, 7) is 3.83. The monoisotopic (exact) mass is 805 g/mol. The average Bonchev–Trinajstić information content (AvgIpc) is 3.65. The number of carboxylic acids is 1. The molecule has 1 saturated carbocycles. The molecular weight excluding hydrogens is 763 g/mol. The van der Waals surface area contributed by atoms with Gasteiger partial charge in [-0.2, -0.15) is 18.2 Å². The Bertz CT molecular complexity index is 2240. The summed E-state index contributed by atoms with van der Waals surface area (Å²) >= 11 is 7.13. The maximum absolute atomic E-state index is 14.6. The molecule has 4 heterocycles. The number of aromatic nitrogens is 2. The normalized spacial score (nSPS) is 23.9. The third kappa shape index (κ3) is 7.16. The molecule has 3 fully saturated rings. The first-order chi connectivity index (χ1) is 27.3. The van der Waals surface area contributed by atoms with E-state index in [-0.39, 0.29) is 48.3 Å². The van der Waals surface area contributed by atoms with E-state index in [2.05, 4.69) is 15.6 Å².